The van der Waals surface area contributed by atoms with Gasteiger partial charge in [-0.05, 0) is 42.3 Å². The average molecular weight is 680 g/mol. The number of hydrogen-bond acceptors (Lipinski definition) is 7. The highest BCUT2D eigenvalue weighted by atomic mass is 35.5. The molecular formula is C34H36Cl2N6O5. The van der Waals surface area contributed by atoms with Crippen LogP contribution in [0.15, 0.2) is 72.5 Å². The van der Waals surface area contributed by atoms with E-state index in [1.807, 2.05) is 30.3 Å². The van der Waals surface area contributed by atoms with Crippen molar-refractivity contribution in [3.8, 4) is 11.1 Å². The molecule has 0 radical (unpaired) electrons. The number of carbonyl (C=O) groups excluding carboxylic acids is 4. The molecule has 0 spiro atoms. The topological polar surface area (TPSA) is 137 Å². The molecule has 47 heavy (non-hydrogen) atoms. The summed E-state index contributed by atoms with van der Waals surface area (Å²) in [4.78, 5) is 53.2. The molecule has 4 N–H and O–H groups in total. The fourth-order valence-corrected chi connectivity index (χ4v) is 6.55. The number of rotatable bonds is 9. The number of hydrazine groups is 1. The number of urea groups is 1. The Hall–Kier alpha value is -4.58. The first kappa shape index (κ1) is 33.8. The van der Waals surface area contributed by atoms with Crippen molar-refractivity contribution < 1.29 is 23.9 Å². The van der Waals surface area contributed by atoms with Crippen LogP contribution in [-0.2, 0) is 20.9 Å². The van der Waals surface area contributed by atoms with E-state index < -0.39 is 23.4 Å². The summed E-state index contributed by atoms with van der Waals surface area (Å²) in [6.07, 6.45) is 0. The second kappa shape index (κ2) is 14.0. The van der Waals surface area contributed by atoms with Crippen LogP contribution in [-0.4, -0.2) is 78.2 Å². The number of primary amides is 1. The molecule has 1 saturated heterocycles. The lowest BCUT2D eigenvalue weighted by atomic mass is 9.85. The number of hydrogen-bond donors (Lipinski definition) is 3. The van der Waals surface area contributed by atoms with Crippen LogP contribution in [0, 0.1) is 0 Å². The Morgan fingerprint density at radius 1 is 0.936 bits per heavy atom. The highest BCUT2D eigenvalue weighted by Crippen LogP contribution is 2.51. The van der Waals surface area contributed by atoms with E-state index in [0.29, 0.717) is 59.1 Å². The molecule has 246 valence electrons. The first-order chi connectivity index (χ1) is 22.4. The molecule has 5 rings (SSSR count). The molecule has 3 aromatic carbocycles. The second-order valence-corrected chi connectivity index (χ2v) is 12.5. The van der Waals surface area contributed by atoms with Crippen LogP contribution in [0.5, 0.6) is 0 Å². The highest BCUT2D eigenvalue weighted by molar-refractivity contribution is 6.37. The van der Waals surface area contributed by atoms with Crippen molar-refractivity contribution in [1.82, 2.24) is 20.5 Å². The van der Waals surface area contributed by atoms with E-state index in [2.05, 4.69) is 10.7 Å². The van der Waals surface area contributed by atoms with Crippen molar-refractivity contribution in [2.75, 3.05) is 44.8 Å². The largest absolute Gasteiger partial charge is 0.489 e. The van der Waals surface area contributed by atoms with Gasteiger partial charge in [0.1, 0.15) is 6.61 Å². The normalized spacial score (nSPS) is 17.7. The molecule has 0 aromatic heterocycles. The Balaban J connectivity index is 1.65. The Morgan fingerprint density at radius 2 is 1.62 bits per heavy atom. The third-order valence-electron chi connectivity index (χ3n) is 8.25. The van der Waals surface area contributed by atoms with Gasteiger partial charge in [-0.1, -0.05) is 65.7 Å². The SMILES string of the molecule is CNN1c2ccc(Cl)c(-c3cccc(C(=O)N4CCN(C(C)=O)CC4)c3)c2C(C(=O)CNC(N)=O)=C(OCc2ccccc2)C1(C)Cl. The third-order valence-corrected chi connectivity index (χ3v) is 8.90. The number of ether oxygens (including phenoxy) is 1. The Kier molecular flexibility index (Phi) is 10.1. The Bertz CT molecular complexity index is 1740. The highest BCUT2D eigenvalue weighted by Gasteiger charge is 2.46. The summed E-state index contributed by atoms with van der Waals surface area (Å²) in [6, 6.07) is 19.0. The quantitative estimate of drug-likeness (QED) is 0.226. The fraction of sp³-hybridized carbons (Fsp3) is 0.294. The number of piperazine rings is 1. The van der Waals surface area contributed by atoms with Crippen LogP contribution in [0.3, 0.4) is 0 Å². The van der Waals surface area contributed by atoms with Crippen molar-refractivity contribution in [2.45, 2.75) is 25.5 Å². The molecule has 4 amide bonds. The predicted octanol–water partition coefficient (Wildman–Crippen LogP) is 4.39. The van der Waals surface area contributed by atoms with E-state index in [9.17, 15) is 19.2 Å². The molecule has 1 fully saturated rings. The van der Waals surface area contributed by atoms with E-state index in [-0.39, 0.29) is 29.8 Å². The van der Waals surface area contributed by atoms with Crippen LogP contribution in [0.4, 0.5) is 10.5 Å². The first-order valence-electron chi connectivity index (χ1n) is 15.1. The van der Waals surface area contributed by atoms with E-state index in [1.165, 1.54) is 6.92 Å². The Morgan fingerprint density at radius 3 is 2.26 bits per heavy atom. The lowest BCUT2D eigenvalue weighted by Gasteiger charge is -2.44. The van der Waals surface area contributed by atoms with Gasteiger partial charge in [-0.25, -0.2) is 10.2 Å². The van der Waals surface area contributed by atoms with E-state index >= 15 is 0 Å². The number of anilines is 1. The zero-order valence-corrected chi connectivity index (χ0v) is 27.8. The number of nitrogens with zero attached hydrogens (tertiary/aromatic N) is 3. The Labute approximate surface area is 283 Å². The van der Waals surface area contributed by atoms with Crippen molar-refractivity contribution in [3.63, 3.8) is 0 Å². The van der Waals surface area contributed by atoms with Gasteiger partial charge in [0.2, 0.25) is 5.91 Å². The zero-order chi connectivity index (χ0) is 33.9. The molecule has 0 bridgehead atoms. The summed E-state index contributed by atoms with van der Waals surface area (Å²) in [6.45, 7) is 4.62. The van der Waals surface area contributed by atoms with Gasteiger partial charge < -0.3 is 25.6 Å². The van der Waals surface area contributed by atoms with Gasteiger partial charge in [-0.3, -0.25) is 19.4 Å². The minimum atomic E-state index is -1.40. The van der Waals surface area contributed by atoms with Crippen LogP contribution in [0.2, 0.25) is 5.02 Å². The number of fused-ring (bicyclic) bond motifs is 1. The van der Waals surface area contributed by atoms with Gasteiger partial charge in [-0.2, -0.15) is 0 Å². The van der Waals surface area contributed by atoms with E-state index in [1.54, 1.807) is 65.2 Å². The number of amides is 4. The monoisotopic (exact) mass is 678 g/mol. The fourth-order valence-electron chi connectivity index (χ4n) is 5.96. The number of alkyl halides is 1. The number of Topliss-reactive ketones (excluding diaryl/α,β-unsaturated/α-hetero) is 1. The smallest absolute Gasteiger partial charge is 0.312 e. The van der Waals surface area contributed by atoms with Crippen molar-refractivity contribution in [1.29, 1.82) is 0 Å². The van der Waals surface area contributed by atoms with Gasteiger partial charge in [0.05, 0.1) is 17.8 Å². The van der Waals surface area contributed by atoms with Crippen molar-refractivity contribution in [3.05, 3.63) is 94.2 Å². The number of nitrogens with two attached hydrogens (primary N) is 1. The average Bonchev–Trinajstić information content (AvgIpc) is 3.06. The number of halogens is 2. The van der Waals surface area contributed by atoms with Crippen molar-refractivity contribution in [2.24, 2.45) is 5.73 Å². The first-order valence-corrected chi connectivity index (χ1v) is 15.8. The number of benzene rings is 3. The van der Waals surface area contributed by atoms with Gasteiger partial charge >= 0.3 is 6.03 Å². The maximum absolute atomic E-state index is 14.1. The van der Waals surface area contributed by atoms with Crippen molar-refractivity contribution >= 4 is 58.1 Å². The zero-order valence-electron chi connectivity index (χ0n) is 26.3. The van der Waals surface area contributed by atoms with Crippen LogP contribution < -0.4 is 21.5 Å². The maximum atomic E-state index is 14.1. The van der Waals surface area contributed by atoms with Gasteiger partial charge in [0.15, 0.2) is 16.5 Å². The summed E-state index contributed by atoms with van der Waals surface area (Å²) in [7, 11) is 1.69. The lowest BCUT2D eigenvalue weighted by Crippen LogP contribution is -2.54. The molecule has 1 atom stereocenters. The summed E-state index contributed by atoms with van der Waals surface area (Å²) in [5, 5.41) is 4.37. The third kappa shape index (κ3) is 6.92. The molecule has 2 heterocycles. The molecule has 13 heteroatoms. The van der Waals surface area contributed by atoms with Crippen LogP contribution in [0.25, 0.3) is 16.7 Å². The molecule has 1 unspecified atom stereocenters. The molecule has 2 aliphatic heterocycles. The van der Waals surface area contributed by atoms with Gasteiger partial charge in [0.25, 0.3) is 5.91 Å². The summed E-state index contributed by atoms with van der Waals surface area (Å²) in [5.74, 6) is -0.580. The standard InChI is InChI=1S/C34H36Cl2N6O5/c1-21(43)40-14-16-41(17-15-40)32(45)24-11-7-10-23(18-24)28-25(35)12-13-26-29(28)30(27(44)19-39-33(37)46)31(34(2,36)42(26)38-3)47-20-22-8-5-4-6-9-22/h4-13,18,38H,14-17,19-20H2,1-3H3,(H3,37,39,46). The number of nitrogens with one attached hydrogen (secondary N) is 2. The summed E-state index contributed by atoms with van der Waals surface area (Å²) in [5.41, 5.74) is 11.8. The minimum Gasteiger partial charge on any atom is -0.489 e. The van der Waals surface area contributed by atoms with Gasteiger partial charge in [0, 0.05) is 61.9 Å². The van der Waals surface area contributed by atoms with E-state index in [4.69, 9.17) is 33.7 Å². The second-order valence-electron chi connectivity index (χ2n) is 11.3. The van der Waals surface area contributed by atoms with Gasteiger partial charge in [-0.15, -0.1) is 0 Å². The number of ketones is 1. The summed E-state index contributed by atoms with van der Waals surface area (Å²) >= 11 is 14.2. The number of carbonyl (C=O) groups is 4. The van der Waals surface area contributed by atoms with E-state index in [0.717, 1.165) is 5.56 Å². The molecule has 3 aromatic rings. The molecule has 0 saturated carbocycles. The lowest BCUT2D eigenvalue weighted by molar-refractivity contribution is -0.130. The predicted molar refractivity (Wildman–Crippen MR) is 182 cm³/mol. The maximum Gasteiger partial charge on any atom is 0.312 e. The molecule has 0 aliphatic carbocycles. The molecular weight excluding hydrogens is 643 g/mol. The molecule has 11 nitrogen and oxygen atoms in total. The summed E-state index contributed by atoms with van der Waals surface area (Å²) < 4.78 is 6.38. The van der Waals surface area contributed by atoms with Crippen LogP contribution >= 0.6 is 23.2 Å². The molecule has 2 aliphatic rings. The minimum absolute atomic E-state index is 0.0252. The van der Waals surface area contributed by atoms with Crippen LogP contribution in [0.1, 0.15) is 35.3 Å².